The lowest BCUT2D eigenvalue weighted by atomic mass is 10.0. The van der Waals surface area contributed by atoms with Gasteiger partial charge in [-0.2, -0.15) is 0 Å². The Morgan fingerprint density at radius 2 is 2.11 bits per heavy atom. The lowest BCUT2D eigenvalue weighted by Crippen LogP contribution is -2.33. The molecule has 1 aromatic heterocycles. The molecule has 0 aliphatic carbocycles. The van der Waals surface area contributed by atoms with Crippen LogP contribution in [0.15, 0.2) is 29.2 Å². The summed E-state index contributed by atoms with van der Waals surface area (Å²) in [5.74, 6) is 0.00565. The van der Waals surface area contributed by atoms with Crippen molar-refractivity contribution in [2.24, 2.45) is 5.92 Å². The van der Waals surface area contributed by atoms with Gasteiger partial charge in [0.1, 0.15) is 5.01 Å². The Morgan fingerprint density at radius 1 is 1.41 bits per heavy atom. The predicted molar refractivity (Wildman–Crippen MR) is 112 cm³/mol. The number of aromatic nitrogens is 1. The van der Waals surface area contributed by atoms with E-state index in [1.165, 1.54) is 29.7 Å². The Kier molecular flexibility index (Phi) is 8.60. The summed E-state index contributed by atoms with van der Waals surface area (Å²) in [5, 5.41) is 10.5. The average Bonchev–Trinajstić information content (AvgIpc) is 2.99. The van der Waals surface area contributed by atoms with E-state index in [0.29, 0.717) is 19.1 Å². The van der Waals surface area contributed by atoms with Gasteiger partial charge >= 0.3 is 5.97 Å². The normalized spacial score (nSPS) is 17.1. The molecule has 2 heterocycles. The molecule has 27 heavy (non-hydrogen) atoms. The number of rotatable bonds is 4. The van der Waals surface area contributed by atoms with E-state index in [9.17, 15) is 9.90 Å². The van der Waals surface area contributed by atoms with Gasteiger partial charge in [-0.1, -0.05) is 24.6 Å². The van der Waals surface area contributed by atoms with Gasteiger partial charge < -0.3 is 9.84 Å². The third kappa shape index (κ3) is 7.16. The van der Waals surface area contributed by atoms with Crippen molar-refractivity contribution < 1.29 is 14.6 Å². The number of esters is 1. The largest absolute Gasteiger partial charge is 0.492 e. The molecule has 0 saturated carbocycles. The van der Waals surface area contributed by atoms with Gasteiger partial charge in [-0.05, 0) is 51.3 Å². The van der Waals surface area contributed by atoms with Crippen molar-refractivity contribution in [1.82, 2.24) is 9.88 Å². The van der Waals surface area contributed by atoms with E-state index in [1.54, 1.807) is 6.92 Å². The maximum absolute atomic E-state index is 11.6. The lowest BCUT2D eigenvalue weighted by Gasteiger charge is -2.29. The first kappa shape index (κ1) is 21.7. The number of aromatic hydroxyl groups is 1. The maximum atomic E-state index is 11.6. The highest BCUT2D eigenvalue weighted by Gasteiger charge is 2.22. The molecule has 0 radical (unpaired) electrons. The fourth-order valence-corrected chi connectivity index (χ4v) is 3.96. The second-order valence-corrected chi connectivity index (χ2v) is 8.40. The van der Waals surface area contributed by atoms with Crippen LogP contribution < -0.4 is 0 Å². The molecule has 5 nitrogen and oxygen atoms in total. The van der Waals surface area contributed by atoms with Gasteiger partial charge in [0.05, 0.1) is 13.2 Å². The molecule has 1 aliphatic rings. The van der Waals surface area contributed by atoms with Crippen molar-refractivity contribution in [2.45, 2.75) is 45.1 Å². The van der Waals surface area contributed by atoms with Gasteiger partial charge in [0.15, 0.2) is 4.88 Å². The number of thiol groups is 1. The molecule has 3 rings (SSSR count). The zero-order valence-corrected chi connectivity index (χ0v) is 17.9. The van der Waals surface area contributed by atoms with E-state index in [2.05, 4.69) is 36.4 Å². The van der Waals surface area contributed by atoms with Crippen molar-refractivity contribution in [3.63, 3.8) is 0 Å². The molecule has 1 unspecified atom stereocenters. The Balaban J connectivity index is 0.000000273. The van der Waals surface area contributed by atoms with Crippen LogP contribution in [0.5, 0.6) is 5.88 Å². The summed E-state index contributed by atoms with van der Waals surface area (Å²) in [6, 6.07) is 8.06. The Morgan fingerprint density at radius 3 is 2.70 bits per heavy atom. The SMILES string of the molecule is CCOC(=O)c1sc(CN2CCCC(C)C2)nc1O.Cc1ccc(S)cc1. The molecule has 7 heteroatoms. The summed E-state index contributed by atoms with van der Waals surface area (Å²) in [6.07, 6.45) is 2.47. The van der Waals surface area contributed by atoms with Crippen LogP contribution in [0, 0.1) is 12.8 Å². The van der Waals surface area contributed by atoms with Crippen LogP contribution in [0.4, 0.5) is 0 Å². The average molecular weight is 409 g/mol. The predicted octanol–water partition coefficient (Wildman–Crippen LogP) is 4.54. The number of ether oxygens (including phenoxy) is 1. The first-order valence-electron chi connectivity index (χ1n) is 9.22. The Hall–Kier alpha value is -1.57. The minimum Gasteiger partial charge on any atom is -0.492 e. The first-order chi connectivity index (χ1) is 12.9. The Labute approximate surface area is 170 Å². The smallest absolute Gasteiger partial charge is 0.353 e. The topological polar surface area (TPSA) is 62.7 Å². The van der Waals surface area contributed by atoms with Crippen LogP contribution in [0.3, 0.4) is 0 Å². The molecule has 1 fully saturated rings. The molecule has 1 N–H and O–H groups in total. The number of hydrogen-bond acceptors (Lipinski definition) is 7. The molecule has 2 aromatic rings. The van der Waals surface area contributed by atoms with Crippen molar-refractivity contribution in [3.05, 3.63) is 39.7 Å². The van der Waals surface area contributed by atoms with E-state index in [1.807, 2.05) is 24.3 Å². The number of benzene rings is 1. The third-order valence-corrected chi connectivity index (χ3v) is 5.56. The van der Waals surface area contributed by atoms with Gasteiger partial charge in [0.25, 0.3) is 0 Å². The second kappa shape index (κ2) is 10.7. The van der Waals surface area contributed by atoms with Gasteiger partial charge in [-0.3, -0.25) is 4.90 Å². The summed E-state index contributed by atoms with van der Waals surface area (Å²) >= 11 is 5.36. The van der Waals surface area contributed by atoms with Crippen molar-refractivity contribution >= 4 is 29.9 Å². The summed E-state index contributed by atoms with van der Waals surface area (Å²) < 4.78 is 4.89. The highest BCUT2D eigenvalue weighted by Crippen LogP contribution is 2.27. The molecule has 1 atom stereocenters. The number of hydrogen-bond donors (Lipinski definition) is 2. The number of carbonyl (C=O) groups is 1. The number of carbonyl (C=O) groups excluding carboxylic acids is 1. The number of nitrogens with zero attached hydrogens (tertiary/aromatic N) is 2. The van der Waals surface area contributed by atoms with Gasteiger partial charge in [0.2, 0.25) is 5.88 Å². The molecular weight excluding hydrogens is 380 g/mol. The van der Waals surface area contributed by atoms with Gasteiger partial charge in [0, 0.05) is 11.4 Å². The molecule has 1 aliphatic heterocycles. The van der Waals surface area contributed by atoms with E-state index in [-0.39, 0.29) is 10.8 Å². The number of thiazole rings is 1. The van der Waals surface area contributed by atoms with E-state index < -0.39 is 5.97 Å². The van der Waals surface area contributed by atoms with E-state index >= 15 is 0 Å². The van der Waals surface area contributed by atoms with Crippen LogP contribution in [-0.2, 0) is 11.3 Å². The highest BCUT2D eigenvalue weighted by atomic mass is 32.1. The molecule has 0 bridgehead atoms. The van der Waals surface area contributed by atoms with Crippen LogP contribution >= 0.6 is 24.0 Å². The summed E-state index contributed by atoms with van der Waals surface area (Å²) in [7, 11) is 0. The fourth-order valence-electron chi connectivity index (χ4n) is 2.92. The molecule has 148 valence electrons. The van der Waals surface area contributed by atoms with Crippen molar-refractivity contribution in [2.75, 3.05) is 19.7 Å². The molecule has 0 amide bonds. The van der Waals surface area contributed by atoms with Crippen molar-refractivity contribution in [1.29, 1.82) is 0 Å². The molecule has 0 spiro atoms. The highest BCUT2D eigenvalue weighted by molar-refractivity contribution is 7.80. The number of likely N-dealkylation sites (tertiary alicyclic amines) is 1. The van der Waals surface area contributed by atoms with E-state index in [4.69, 9.17) is 4.74 Å². The Bertz CT molecular complexity index is 710. The third-order valence-electron chi connectivity index (χ3n) is 4.25. The first-order valence-corrected chi connectivity index (χ1v) is 10.5. The summed E-state index contributed by atoms with van der Waals surface area (Å²) in [4.78, 5) is 19.2. The monoisotopic (exact) mass is 408 g/mol. The van der Waals surface area contributed by atoms with Crippen molar-refractivity contribution in [3.8, 4) is 5.88 Å². The second-order valence-electron chi connectivity index (χ2n) is 6.80. The number of piperidine rings is 1. The minimum atomic E-state index is -0.490. The minimum absolute atomic E-state index is 0.205. The van der Waals surface area contributed by atoms with E-state index in [0.717, 1.165) is 23.0 Å². The lowest BCUT2D eigenvalue weighted by molar-refractivity contribution is 0.0528. The fraction of sp³-hybridized carbons (Fsp3) is 0.500. The summed E-state index contributed by atoms with van der Waals surface area (Å²) in [5.41, 5.74) is 1.28. The molecule has 1 aromatic carbocycles. The van der Waals surface area contributed by atoms with Crippen LogP contribution in [0.2, 0.25) is 0 Å². The zero-order chi connectivity index (χ0) is 19.8. The number of aryl methyl sites for hydroxylation is 1. The molecular formula is C20H28N2O3S2. The van der Waals surface area contributed by atoms with Crippen LogP contribution in [-0.4, -0.2) is 40.7 Å². The zero-order valence-electron chi connectivity index (χ0n) is 16.1. The van der Waals surface area contributed by atoms with Crippen LogP contribution in [0.1, 0.15) is 46.9 Å². The van der Waals surface area contributed by atoms with Gasteiger partial charge in [-0.15, -0.1) is 24.0 Å². The van der Waals surface area contributed by atoms with Crippen LogP contribution in [0.25, 0.3) is 0 Å². The maximum Gasteiger partial charge on any atom is 0.353 e. The molecule has 1 saturated heterocycles. The quantitative estimate of drug-likeness (QED) is 0.574. The standard InChI is InChI=1S/C13H20N2O3S.C7H8S/c1-3-18-13(17)11-12(16)14-10(19-11)8-15-6-4-5-9(2)7-15;1-6-2-4-7(8)5-3-6/h9,16H,3-8H2,1-2H3;2-5,8H,1H3. The summed E-state index contributed by atoms with van der Waals surface area (Å²) in [6.45, 7) is 9.15. The van der Waals surface area contributed by atoms with Gasteiger partial charge in [-0.25, -0.2) is 9.78 Å².